The summed E-state index contributed by atoms with van der Waals surface area (Å²) >= 11 is 0. The SMILES string of the molecule is CN1CCN([C@H](CN2CCNCC2)c2ccccc2)CC1. The van der Waals surface area contributed by atoms with Gasteiger partial charge in [-0.3, -0.25) is 9.80 Å². The van der Waals surface area contributed by atoms with Crippen LogP contribution in [0.4, 0.5) is 0 Å². The first kappa shape index (κ1) is 15.0. The highest BCUT2D eigenvalue weighted by molar-refractivity contribution is 5.19. The molecule has 0 unspecified atom stereocenters. The number of piperazine rings is 2. The van der Waals surface area contributed by atoms with E-state index in [1.54, 1.807) is 0 Å². The van der Waals surface area contributed by atoms with Crippen LogP contribution in [0.1, 0.15) is 11.6 Å². The fraction of sp³-hybridized carbons (Fsp3) is 0.647. The lowest BCUT2D eigenvalue weighted by Crippen LogP contribution is -2.51. The lowest BCUT2D eigenvalue weighted by atomic mass is 10.0. The Bertz CT molecular complexity index is 408. The normalized spacial score (nSPS) is 24.0. The second-order valence-electron chi connectivity index (χ2n) is 6.32. The summed E-state index contributed by atoms with van der Waals surface area (Å²) in [6.07, 6.45) is 0. The number of likely N-dealkylation sites (N-methyl/N-ethyl adjacent to an activating group) is 1. The molecule has 0 aliphatic carbocycles. The Balaban J connectivity index is 1.71. The Morgan fingerprint density at radius 3 is 2.29 bits per heavy atom. The van der Waals surface area contributed by atoms with Crippen LogP contribution < -0.4 is 5.32 Å². The topological polar surface area (TPSA) is 21.8 Å². The Hall–Kier alpha value is -0.940. The van der Waals surface area contributed by atoms with Crippen LogP contribution in [0.15, 0.2) is 30.3 Å². The molecule has 0 spiro atoms. The zero-order valence-electron chi connectivity index (χ0n) is 13.2. The van der Waals surface area contributed by atoms with Gasteiger partial charge in [-0.25, -0.2) is 0 Å². The van der Waals surface area contributed by atoms with Gasteiger partial charge in [-0.2, -0.15) is 0 Å². The maximum Gasteiger partial charge on any atom is 0.0476 e. The van der Waals surface area contributed by atoms with Crippen molar-refractivity contribution in [2.45, 2.75) is 6.04 Å². The fourth-order valence-corrected chi connectivity index (χ4v) is 3.38. The third-order valence-electron chi connectivity index (χ3n) is 4.80. The van der Waals surface area contributed by atoms with Gasteiger partial charge in [0.2, 0.25) is 0 Å². The van der Waals surface area contributed by atoms with Gasteiger partial charge in [-0.05, 0) is 12.6 Å². The van der Waals surface area contributed by atoms with Crippen molar-refractivity contribution in [3.8, 4) is 0 Å². The molecule has 2 heterocycles. The molecule has 0 aromatic heterocycles. The first-order valence-electron chi connectivity index (χ1n) is 8.23. The molecule has 0 saturated carbocycles. The van der Waals surface area contributed by atoms with Gasteiger partial charge in [0.25, 0.3) is 0 Å². The molecule has 1 aromatic carbocycles. The van der Waals surface area contributed by atoms with E-state index in [0.717, 1.165) is 19.6 Å². The molecule has 3 rings (SSSR count). The first-order valence-corrected chi connectivity index (χ1v) is 8.23. The monoisotopic (exact) mass is 288 g/mol. The minimum atomic E-state index is 0.540. The predicted molar refractivity (Wildman–Crippen MR) is 87.6 cm³/mol. The molecule has 1 aromatic rings. The second kappa shape index (κ2) is 7.36. The van der Waals surface area contributed by atoms with Gasteiger partial charge in [0.1, 0.15) is 0 Å². The van der Waals surface area contributed by atoms with Crippen LogP contribution in [0.2, 0.25) is 0 Å². The molecule has 0 radical (unpaired) electrons. The van der Waals surface area contributed by atoms with E-state index in [-0.39, 0.29) is 0 Å². The van der Waals surface area contributed by atoms with Gasteiger partial charge < -0.3 is 10.2 Å². The summed E-state index contributed by atoms with van der Waals surface area (Å²) in [4.78, 5) is 7.73. The Morgan fingerprint density at radius 1 is 0.952 bits per heavy atom. The van der Waals surface area contributed by atoms with Crippen molar-refractivity contribution in [2.24, 2.45) is 0 Å². The van der Waals surface area contributed by atoms with Crippen LogP contribution >= 0.6 is 0 Å². The summed E-state index contributed by atoms with van der Waals surface area (Å²) in [6.45, 7) is 10.5. The molecule has 0 bridgehead atoms. The highest BCUT2D eigenvalue weighted by Crippen LogP contribution is 2.23. The summed E-state index contributed by atoms with van der Waals surface area (Å²) in [5.74, 6) is 0. The molecular weight excluding hydrogens is 260 g/mol. The van der Waals surface area contributed by atoms with Gasteiger partial charge in [-0.15, -0.1) is 0 Å². The van der Waals surface area contributed by atoms with Crippen LogP contribution in [-0.2, 0) is 0 Å². The minimum absolute atomic E-state index is 0.540. The van der Waals surface area contributed by atoms with E-state index in [4.69, 9.17) is 0 Å². The van der Waals surface area contributed by atoms with Crippen molar-refractivity contribution >= 4 is 0 Å². The summed E-state index contributed by atoms with van der Waals surface area (Å²) < 4.78 is 0. The first-order chi connectivity index (χ1) is 10.3. The van der Waals surface area contributed by atoms with Gasteiger partial charge in [-0.1, -0.05) is 30.3 Å². The van der Waals surface area contributed by atoms with Gasteiger partial charge in [0, 0.05) is 64.9 Å². The van der Waals surface area contributed by atoms with E-state index in [1.807, 2.05) is 0 Å². The van der Waals surface area contributed by atoms with Crippen LogP contribution in [0.25, 0.3) is 0 Å². The molecule has 21 heavy (non-hydrogen) atoms. The van der Waals surface area contributed by atoms with E-state index < -0.39 is 0 Å². The molecule has 2 fully saturated rings. The molecule has 2 saturated heterocycles. The van der Waals surface area contributed by atoms with Crippen molar-refractivity contribution < 1.29 is 0 Å². The summed E-state index contributed by atoms with van der Waals surface area (Å²) in [5.41, 5.74) is 1.47. The molecule has 1 N–H and O–H groups in total. The van der Waals surface area contributed by atoms with Crippen molar-refractivity contribution in [2.75, 3.05) is 66.0 Å². The quantitative estimate of drug-likeness (QED) is 0.888. The molecule has 4 nitrogen and oxygen atoms in total. The average molecular weight is 288 g/mol. The second-order valence-corrected chi connectivity index (χ2v) is 6.32. The van der Waals surface area contributed by atoms with E-state index >= 15 is 0 Å². The third-order valence-corrected chi connectivity index (χ3v) is 4.80. The molecule has 2 aliphatic rings. The minimum Gasteiger partial charge on any atom is -0.314 e. The maximum atomic E-state index is 3.45. The maximum absolute atomic E-state index is 3.45. The van der Waals surface area contributed by atoms with Gasteiger partial charge in [0.05, 0.1) is 0 Å². The number of nitrogens with zero attached hydrogens (tertiary/aromatic N) is 3. The lowest BCUT2D eigenvalue weighted by molar-refractivity contribution is 0.0816. The van der Waals surface area contributed by atoms with Gasteiger partial charge in [0.15, 0.2) is 0 Å². The van der Waals surface area contributed by atoms with Crippen molar-refractivity contribution in [3.63, 3.8) is 0 Å². The number of rotatable bonds is 4. The summed E-state index contributed by atoms with van der Waals surface area (Å²) in [7, 11) is 2.23. The van der Waals surface area contributed by atoms with Crippen molar-refractivity contribution in [1.29, 1.82) is 0 Å². The Kier molecular flexibility index (Phi) is 5.25. The molecular formula is C17H28N4. The number of hydrogen-bond donors (Lipinski definition) is 1. The molecule has 2 aliphatic heterocycles. The van der Waals surface area contributed by atoms with E-state index in [0.29, 0.717) is 6.04 Å². The van der Waals surface area contributed by atoms with Crippen LogP contribution in [0.3, 0.4) is 0 Å². The molecule has 1 atom stereocenters. The predicted octanol–water partition coefficient (Wildman–Crippen LogP) is 0.880. The highest BCUT2D eigenvalue weighted by Gasteiger charge is 2.26. The summed E-state index contributed by atoms with van der Waals surface area (Å²) in [5, 5.41) is 3.45. The van der Waals surface area contributed by atoms with Crippen molar-refractivity contribution in [3.05, 3.63) is 35.9 Å². The number of hydrogen-bond acceptors (Lipinski definition) is 4. The standard InChI is InChI=1S/C17H28N4/c1-19-11-13-21(14-12-19)17(16-5-3-2-4-6-16)15-20-9-7-18-8-10-20/h2-6,17-18H,7-15H2,1H3/t17-/m1/s1. The largest absolute Gasteiger partial charge is 0.314 e. The smallest absolute Gasteiger partial charge is 0.0476 e. The molecule has 4 heteroatoms. The zero-order chi connectivity index (χ0) is 14.5. The summed E-state index contributed by atoms with van der Waals surface area (Å²) in [6, 6.07) is 11.6. The number of benzene rings is 1. The van der Waals surface area contributed by atoms with Crippen molar-refractivity contribution in [1.82, 2.24) is 20.0 Å². The van der Waals surface area contributed by atoms with Gasteiger partial charge >= 0.3 is 0 Å². The third kappa shape index (κ3) is 4.04. The average Bonchev–Trinajstić information content (AvgIpc) is 2.55. The van der Waals surface area contributed by atoms with E-state index in [1.165, 1.54) is 44.8 Å². The van der Waals surface area contributed by atoms with E-state index in [9.17, 15) is 0 Å². The Labute approximate surface area is 128 Å². The fourth-order valence-electron chi connectivity index (χ4n) is 3.38. The molecule has 0 amide bonds. The Morgan fingerprint density at radius 2 is 1.62 bits per heavy atom. The number of nitrogens with one attached hydrogen (secondary N) is 1. The van der Waals surface area contributed by atoms with E-state index in [2.05, 4.69) is 57.4 Å². The zero-order valence-corrected chi connectivity index (χ0v) is 13.2. The van der Waals surface area contributed by atoms with Crippen LogP contribution in [0.5, 0.6) is 0 Å². The van der Waals surface area contributed by atoms with Crippen LogP contribution in [0, 0.1) is 0 Å². The van der Waals surface area contributed by atoms with Crippen LogP contribution in [-0.4, -0.2) is 80.7 Å². The highest BCUT2D eigenvalue weighted by atomic mass is 15.3. The lowest BCUT2D eigenvalue weighted by Gasteiger charge is -2.41. The molecule has 116 valence electrons.